The largest absolute Gasteiger partial charge is 0.354 e. The summed E-state index contributed by atoms with van der Waals surface area (Å²) < 4.78 is 0. The molecule has 0 bridgehead atoms. The maximum absolute atomic E-state index is 3.69. The molecule has 1 nitrogen and oxygen atoms in total. The summed E-state index contributed by atoms with van der Waals surface area (Å²) in [7, 11) is 0. The van der Waals surface area contributed by atoms with E-state index in [0.717, 1.165) is 5.69 Å². The molecule has 0 aliphatic heterocycles. The molecule has 0 saturated heterocycles. The second-order valence-corrected chi connectivity index (χ2v) is 6.14. The number of nitrogens with one attached hydrogen (secondary N) is 1. The van der Waals surface area contributed by atoms with Gasteiger partial charge in [-0.3, -0.25) is 0 Å². The highest BCUT2D eigenvalue weighted by Gasteiger charge is 2.08. The lowest BCUT2D eigenvalue weighted by Crippen LogP contribution is -1.96. The molecular weight excluding hydrogens is 278 g/mol. The second-order valence-electron chi connectivity index (χ2n) is 6.14. The average molecular weight is 297 g/mol. The van der Waals surface area contributed by atoms with Gasteiger partial charge in [-0.25, -0.2) is 0 Å². The van der Waals surface area contributed by atoms with Crippen molar-refractivity contribution in [1.82, 2.24) is 0 Å². The van der Waals surface area contributed by atoms with E-state index in [-0.39, 0.29) is 0 Å². The Kier molecular flexibility index (Phi) is 3.27. The molecular formula is C22H19N. The SMILES string of the molecule is Cc1ccc(Nc2c3ccccc3cc3ccccc23)c(C)c1. The Morgan fingerprint density at radius 2 is 1.26 bits per heavy atom. The summed E-state index contributed by atoms with van der Waals surface area (Å²) in [6.45, 7) is 4.28. The van der Waals surface area contributed by atoms with Crippen LogP contribution in [0, 0.1) is 13.8 Å². The summed E-state index contributed by atoms with van der Waals surface area (Å²) in [5, 5.41) is 8.72. The van der Waals surface area contributed by atoms with E-state index in [2.05, 4.69) is 92.0 Å². The summed E-state index contributed by atoms with van der Waals surface area (Å²) in [5.41, 5.74) is 4.90. The Morgan fingerprint density at radius 1 is 0.652 bits per heavy atom. The fraction of sp³-hybridized carbons (Fsp3) is 0.0909. The Balaban J connectivity index is 1.99. The smallest absolute Gasteiger partial charge is 0.0543 e. The Bertz CT molecular complexity index is 961. The van der Waals surface area contributed by atoms with Gasteiger partial charge >= 0.3 is 0 Å². The topological polar surface area (TPSA) is 12.0 Å². The minimum Gasteiger partial charge on any atom is -0.354 e. The maximum atomic E-state index is 3.69. The lowest BCUT2D eigenvalue weighted by atomic mass is 10.0. The quantitative estimate of drug-likeness (QED) is 0.425. The first kappa shape index (κ1) is 13.8. The Labute approximate surface area is 136 Å². The van der Waals surface area contributed by atoms with Crippen LogP contribution in [0.5, 0.6) is 0 Å². The highest BCUT2D eigenvalue weighted by molar-refractivity contribution is 6.12. The summed E-state index contributed by atoms with van der Waals surface area (Å²) >= 11 is 0. The van der Waals surface area contributed by atoms with E-state index in [1.807, 2.05) is 0 Å². The van der Waals surface area contributed by atoms with Crippen LogP contribution in [0.4, 0.5) is 11.4 Å². The van der Waals surface area contributed by atoms with Crippen molar-refractivity contribution >= 4 is 32.9 Å². The van der Waals surface area contributed by atoms with Crippen molar-refractivity contribution in [3.05, 3.63) is 83.9 Å². The van der Waals surface area contributed by atoms with Crippen molar-refractivity contribution in [3.63, 3.8) is 0 Å². The number of hydrogen-bond acceptors (Lipinski definition) is 1. The van der Waals surface area contributed by atoms with Crippen LogP contribution in [0.15, 0.2) is 72.8 Å². The second kappa shape index (κ2) is 5.44. The lowest BCUT2D eigenvalue weighted by Gasteiger charge is -2.16. The van der Waals surface area contributed by atoms with Crippen LogP contribution >= 0.6 is 0 Å². The van der Waals surface area contributed by atoms with Crippen LogP contribution in [0.3, 0.4) is 0 Å². The molecule has 0 saturated carbocycles. The van der Waals surface area contributed by atoms with Gasteiger partial charge in [0.2, 0.25) is 0 Å². The first-order valence-electron chi connectivity index (χ1n) is 7.97. The lowest BCUT2D eigenvalue weighted by molar-refractivity contribution is 1.37. The van der Waals surface area contributed by atoms with Crippen LogP contribution in [0.25, 0.3) is 21.5 Å². The van der Waals surface area contributed by atoms with Gasteiger partial charge in [-0.2, -0.15) is 0 Å². The zero-order valence-electron chi connectivity index (χ0n) is 13.4. The first-order valence-corrected chi connectivity index (χ1v) is 7.97. The Hall–Kier alpha value is -2.80. The molecule has 0 unspecified atom stereocenters. The van der Waals surface area contributed by atoms with Gasteiger partial charge in [-0.15, -0.1) is 0 Å². The zero-order chi connectivity index (χ0) is 15.8. The third-order valence-corrected chi connectivity index (χ3v) is 4.41. The van der Waals surface area contributed by atoms with Gasteiger partial charge in [0.05, 0.1) is 5.69 Å². The molecule has 0 aliphatic rings. The minimum absolute atomic E-state index is 1.16. The molecule has 0 spiro atoms. The van der Waals surface area contributed by atoms with E-state index in [1.165, 1.54) is 38.4 Å². The first-order chi connectivity index (χ1) is 11.2. The van der Waals surface area contributed by atoms with Crippen molar-refractivity contribution < 1.29 is 0 Å². The van der Waals surface area contributed by atoms with E-state index in [4.69, 9.17) is 0 Å². The molecule has 0 aliphatic carbocycles. The average Bonchev–Trinajstić information content (AvgIpc) is 2.56. The molecule has 4 rings (SSSR count). The van der Waals surface area contributed by atoms with E-state index in [0.29, 0.717) is 0 Å². The van der Waals surface area contributed by atoms with Crippen molar-refractivity contribution in [2.24, 2.45) is 0 Å². The van der Waals surface area contributed by atoms with Gasteiger partial charge < -0.3 is 5.32 Å². The van der Waals surface area contributed by atoms with Crippen LogP contribution in [0.2, 0.25) is 0 Å². The third-order valence-electron chi connectivity index (χ3n) is 4.41. The van der Waals surface area contributed by atoms with Crippen molar-refractivity contribution in [2.45, 2.75) is 13.8 Å². The molecule has 0 radical (unpaired) electrons. The van der Waals surface area contributed by atoms with Gasteiger partial charge in [-0.05, 0) is 42.3 Å². The molecule has 4 aromatic carbocycles. The number of fused-ring (bicyclic) bond motifs is 2. The number of aryl methyl sites for hydroxylation is 2. The molecule has 1 N–H and O–H groups in total. The molecule has 0 amide bonds. The van der Waals surface area contributed by atoms with E-state index >= 15 is 0 Å². The maximum Gasteiger partial charge on any atom is 0.0543 e. The fourth-order valence-electron chi connectivity index (χ4n) is 3.24. The molecule has 0 aromatic heterocycles. The highest BCUT2D eigenvalue weighted by atomic mass is 14.9. The predicted molar refractivity (Wildman–Crippen MR) is 101 cm³/mol. The third kappa shape index (κ3) is 2.44. The minimum atomic E-state index is 1.16. The zero-order valence-corrected chi connectivity index (χ0v) is 13.4. The van der Waals surface area contributed by atoms with Gasteiger partial charge in [0.1, 0.15) is 0 Å². The standard InChI is InChI=1S/C22H19N/c1-15-11-12-21(16(2)13-15)23-22-19-9-5-3-7-17(19)14-18-8-4-6-10-20(18)22/h3-14,23H,1-2H3. The number of anilines is 2. The summed E-state index contributed by atoms with van der Waals surface area (Å²) in [6, 6.07) is 25.9. The predicted octanol–water partition coefficient (Wildman–Crippen LogP) is 6.35. The van der Waals surface area contributed by atoms with E-state index in [9.17, 15) is 0 Å². The van der Waals surface area contributed by atoms with Gasteiger partial charge in [0.25, 0.3) is 0 Å². The molecule has 0 heterocycles. The van der Waals surface area contributed by atoms with Crippen molar-refractivity contribution in [1.29, 1.82) is 0 Å². The Morgan fingerprint density at radius 3 is 1.87 bits per heavy atom. The highest BCUT2D eigenvalue weighted by Crippen LogP contribution is 2.35. The number of hydrogen-bond donors (Lipinski definition) is 1. The summed E-state index contributed by atoms with van der Waals surface area (Å²) in [4.78, 5) is 0. The molecule has 0 fully saturated rings. The summed E-state index contributed by atoms with van der Waals surface area (Å²) in [5.74, 6) is 0. The fourth-order valence-corrected chi connectivity index (χ4v) is 3.24. The van der Waals surface area contributed by atoms with Crippen LogP contribution < -0.4 is 5.32 Å². The monoisotopic (exact) mass is 297 g/mol. The van der Waals surface area contributed by atoms with Crippen molar-refractivity contribution in [2.75, 3.05) is 5.32 Å². The van der Waals surface area contributed by atoms with E-state index in [1.54, 1.807) is 0 Å². The van der Waals surface area contributed by atoms with Gasteiger partial charge in [0, 0.05) is 16.5 Å². The number of rotatable bonds is 2. The van der Waals surface area contributed by atoms with E-state index < -0.39 is 0 Å². The molecule has 1 heteroatoms. The molecule has 0 atom stereocenters. The van der Waals surface area contributed by atoms with Gasteiger partial charge in [0.15, 0.2) is 0 Å². The van der Waals surface area contributed by atoms with Crippen LogP contribution in [0.1, 0.15) is 11.1 Å². The van der Waals surface area contributed by atoms with Crippen LogP contribution in [-0.4, -0.2) is 0 Å². The normalized spacial score (nSPS) is 11.0. The molecule has 4 aromatic rings. The molecule has 23 heavy (non-hydrogen) atoms. The van der Waals surface area contributed by atoms with Gasteiger partial charge in [-0.1, -0.05) is 66.2 Å². The van der Waals surface area contributed by atoms with Crippen LogP contribution in [-0.2, 0) is 0 Å². The summed E-state index contributed by atoms with van der Waals surface area (Å²) in [6.07, 6.45) is 0. The molecule has 112 valence electrons. The number of benzene rings is 4. The van der Waals surface area contributed by atoms with Crippen molar-refractivity contribution in [3.8, 4) is 0 Å².